The highest BCUT2D eigenvalue weighted by atomic mass is 16.5. The Kier molecular flexibility index (Phi) is 2.56. The Morgan fingerprint density at radius 2 is 2.57 bits per heavy atom. The molecule has 2 rings (SSSR count). The predicted molar refractivity (Wildman–Crippen MR) is 49.6 cm³/mol. The maximum atomic E-state index is 8.72. The Labute approximate surface area is 81.9 Å². The minimum absolute atomic E-state index is 0.356. The fraction of sp³-hybridized carbons (Fsp3) is 0.444. The van der Waals surface area contributed by atoms with E-state index in [1.807, 2.05) is 17.0 Å². The minimum atomic E-state index is -0.356. The largest absolute Gasteiger partial charge is 0.360 e. The van der Waals surface area contributed by atoms with Crippen molar-refractivity contribution in [1.29, 1.82) is 5.26 Å². The van der Waals surface area contributed by atoms with Crippen molar-refractivity contribution in [2.24, 2.45) is 0 Å². The molecule has 72 valence electrons. The van der Waals surface area contributed by atoms with Crippen LogP contribution in [-0.4, -0.2) is 36.0 Å². The Morgan fingerprint density at radius 1 is 1.64 bits per heavy atom. The Hall–Kier alpha value is -1.67. The molecule has 1 saturated heterocycles. The molecule has 1 aromatic heterocycles. The molecular formula is C9H10N4O. The summed E-state index contributed by atoms with van der Waals surface area (Å²) < 4.78 is 5.23. The first-order valence-electron chi connectivity index (χ1n) is 4.44. The van der Waals surface area contributed by atoms with Crippen LogP contribution in [0.1, 0.15) is 0 Å². The van der Waals surface area contributed by atoms with Crippen LogP contribution in [0.3, 0.4) is 0 Å². The van der Waals surface area contributed by atoms with E-state index in [0.717, 1.165) is 12.4 Å². The highest BCUT2D eigenvalue weighted by Crippen LogP contribution is 2.12. The molecule has 0 aromatic carbocycles. The highest BCUT2D eigenvalue weighted by Gasteiger charge is 2.20. The smallest absolute Gasteiger partial charge is 0.161 e. The lowest BCUT2D eigenvalue weighted by Gasteiger charge is -2.30. The third kappa shape index (κ3) is 1.80. The van der Waals surface area contributed by atoms with Crippen molar-refractivity contribution in [3.05, 3.63) is 18.3 Å². The zero-order valence-electron chi connectivity index (χ0n) is 7.63. The minimum Gasteiger partial charge on any atom is -0.360 e. The Bertz CT molecular complexity index is 334. The monoisotopic (exact) mass is 190 g/mol. The van der Waals surface area contributed by atoms with Gasteiger partial charge in [-0.05, 0) is 12.1 Å². The van der Waals surface area contributed by atoms with Gasteiger partial charge in [-0.3, -0.25) is 0 Å². The van der Waals surface area contributed by atoms with Gasteiger partial charge in [0, 0.05) is 12.7 Å². The molecule has 2 heterocycles. The molecule has 0 N–H and O–H groups in total. The maximum absolute atomic E-state index is 8.72. The van der Waals surface area contributed by atoms with Gasteiger partial charge >= 0.3 is 0 Å². The molecule has 0 amide bonds. The van der Waals surface area contributed by atoms with Gasteiger partial charge in [0.2, 0.25) is 0 Å². The van der Waals surface area contributed by atoms with Crippen LogP contribution >= 0.6 is 0 Å². The standard InChI is InChI=1S/C9H10N4O/c10-6-8-7-13(4-5-14-8)9-2-1-3-11-12-9/h1-3,8H,4-5,7H2. The zero-order valence-corrected chi connectivity index (χ0v) is 7.63. The number of hydrogen-bond acceptors (Lipinski definition) is 5. The second-order valence-corrected chi connectivity index (χ2v) is 3.02. The summed E-state index contributed by atoms with van der Waals surface area (Å²) in [5, 5.41) is 16.5. The lowest BCUT2D eigenvalue weighted by molar-refractivity contribution is 0.0761. The molecule has 0 bridgehead atoms. The van der Waals surface area contributed by atoms with Gasteiger partial charge in [-0.25, -0.2) is 0 Å². The quantitative estimate of drug-likeness (QED) is 0.633. The Morgan fingerprint density at radius 3 is 3.29 bits per heavy atom. The number of hydrogen-bond donors (Lipinski definition) is 0. The van der Waals surface area contributed by atoms with E-state index in [4.69, 9.17) is 10.00 Å². The molecule has 1 fully saturated rings. The van der Waals surface area contributed by atoms with Crippen LogP contribution in [0.4, 0.5) is 5.82 Å². The van der Waals surface area contributed by atoms with Gasteiger partial charge in [-0.15, -0.1) is 5.10 Å². The summed E-state index contributed by atoms with van der Waals surface area (Å²) in [6, 6.07) is 5.81. The van der Waals surface area contributed by atoms with Gasteiger partial charge in [0.1, 0.15) is 0 Å². The first kappa shape index (κ1) is 8.91. The number of rotatable bonds is 1. The lowest BCUT2D eigenvalue weighted by Crippen LogP contribution is -2.42. The normalized spacial score (nSPS) is 21.6. The van der Waals surface area contributed by atoms with Crippen LogP contribution in [0.15, 0.2) is 18.3 Å². The molecule has 0 aliphatic carbocycles. The van der Waals surface area contributed by atoms with Gasteiger partial charge in [-0.2, -0.15) is 10.4 Å². The number of nitrogens with zero attached hydrogens (tertiary/aromatic N) is 4. The summed E-state index contributed by atoms with van der Waals surface area (Å²) in [5.74, 6) is 0.802. The summed E-state index contributed by atoms with van der Waals surface area (Å²) in [6.07, 6.45) is 1.27. The highest BCUT2D eigenvalue weighted by molar-refractivity contribution is 5.37. The summed E-state index contributed by atoms with van der Waals surface area (Å²) in [4.78, 5) is 2.00. The van der Waals surface area contributed by atoms with Gasteiger partial charge in [0.25, 0.3) is 0 Å². The fourth-order valence-corrected chi connectivity index (χ4v) is 1.40. The second-order valence-electron chi connectivity index (χ2n) is 3.02. The molecule has 1 atom stereocenters. The van der Waals surface area contributed by atoms with Crippen LogP contribution in [0.2, 0.25) is 0 Å². The van der Waals surface area contributed by atoms with E-state index in [1.165, 1.54) is 0 Å². The van der Waals surface area contributed by atoms with E-state index in [-0.39, 0.29) is 6.10 Å². The van der Waals surface area contributed by atoms with Crippen molar-refractivity contribution in [1.82, 2.24) is 10.2 Å². The van der Waals surface area contributed by atoms with Gasteiger partial charge in [0.15, 0.2) is 11.9 Å². The number of aromatic nitrogens is 2. The first-order valence-corrected chi connectivity index (χ1v) is 4.44. The van der Waals surface area contributed by atoms with E-state index < -0.39 is 0 Å². The van der Waals surface area contributed by atoms with E-state index >= 15 is 0 Å². The van der Waals surface area contributed by atoms with Crippen LogP contribution in [0.25, 0.3) is 0 Å². The molecule has 0 spiro atoms. The lowest BCUT2D eigenvalue weighted by atomic mass is 10.3. The number of anilines is 1. The van der Waals surface area contributed by atoms with E-state index in [1.54, 1.807) is 6.20 Å². The maximum Gasteiger partial charge on any atom is 0.161 e. The van der Waals surface area contributed by atoms with Crippen LogP contribution < -0.4 is 4.90 Å². The topological polar surface area (TPSA) is 62.0 Å². The summed E-state index contributed by atoms with van der Waals surface area (Å²) >= 11 is 0. The summed E-state index contributed by atoms with van der Waals surface area (Å²) in [6.45, 7) is 1.89. The van der Waals surface area contributed by atoms with Gasteiger partial charge < -0.3 is 9.64 Å². The molecule has 1 aliphatic heterocycles. The predicted octanol–water partition coefficient (Wildman–Crippen LogP) is 0.205. The van der Waals surface area contributed by atoms with Crippen molar-refractivity contribution in [3.8, 4) is 6.07 Å². The van der Waals surface area contributed by atoms with Crippen LogP contribution in [0, 0.1) is 11.3 Å². The number of ether oxygens (including phenoxy) is 1. The third-order valence-corrected chi connectivity index (χ3v) is 2.09. The van der Waals surface area contributed by atoms with Gasteiger partial charge in [0.05, 0.1) is 19.2 Å². The Balaban J connectivity index is 2.09. The molecule has 0 radical (unpaired) electrons. The summed E-state index contributed by atoms with van der Waals surface area (Å²) in [5.41, 5.74) is 0. The van der Waals surface area contributed by atoms with Crippen molar-refractivity contribution in [2.75, 3.05) is 24.6 Å². The molecule has 1 unspecified atom stereocenters. The summed E-state index contributed by atoms with van der Waals surface area (Å²) in [7, 11) is 0. The fourth-order valence-electron chi connectivity index (χ4n) is 1.40. The molecule has 5 nitrogen and oxygen atoms in total. The van der Waals surface area contributed by atoms with Gasteiger partial charge in [-0.1, -0.05) is 0 Å². The van der Waals surface area contributed by atoms with Crippen LogP contribution in [-0.2, 0) is 4.74 Å². The molecule has 5 heteroatoms. The van der Waals surface area contributed by atoms with E-state index in [9.17, 15) is 0 Å². The van der Waals surface area contributed by atoms with Crippen molar-refractivity contribution in [2.45, 2.75) is 6.10 Å². The average molecular weight is 190 g/mol. The molecule has 1 aliphatic rings. The van der Waals surface area contributed by atoms with Crippen molar-refractivity contribution in [3.63, 3.8) is 0 Å². The third-order valence-electron chi connectivity index (χ3n) is 2.09. The zero-order chi connectivity index (χ0) is 9.80. The average Bonchev–Trinajstić information content (AvgIpc) is 2.30. The second kappa shape index (κ2) is 4.03. The van der Waals surface area contributed by atoms with Crippen molar-refractivity contribution >= 4 is 5.82 Å². The SMILES string of the molecule is N#CC1CN(c2cccnn2)CCO1. The van der Waals surface area contributed by atoms with E-state index in [2.05, 4.69) is 16.3 Å². The van der Waals surface area contributed by atoms with Crippen molar-refractivity contribution < 1.29 is 4.74 Å². The number of nitriles is 1. The first-order chi connectivity index (χ1) is 6.90. The molecular weight excluding hydrogens is 180 g/mol. The number of morpholine rings is 1. The molecule has 14 heavy (non-hydrogen) atoms. The van der Waals surface area contributed by atoms with E-state index in [0.29, 0.717) is 13.2 Å². The molecule has 1 aromatic rings. The molecule has 0 saturated carbocycles. The van der Waals surface area contributed by atoms with Crippen LogP contribution in [0.5, 0.6) is 0 Å².